The van der Waals surface area contributed by atoms with Crippen LogP contribution in [0.3, 0.4) is 0 Å². The van der Waals surface area contributed by atoms with Crippen molar-refractivity contribution < 1.29 is 23.8 Å². The van der Waals surface area contributed by atoms with Crippen LogP contribution in [0.4, 0.5) is 4.79 Å². The second-order valence-corrected chi connectivity index (χ2v) is 5.54. The summed E-state index contributed by atoms with van der Waals surface area (Å²) in [4.78, 5) is 24.9. The first-order valence-electron chi connectivity index (χ1n) is 7.60. The van der Waals surface area contributed by atoms with Gasteiger partial charge < -0.3 is 14.2 Å². The highest BCUT2D eigenvalue weighted by Crippen LogP contribution is 2.12. The van der Waals surface area contributed by atoms with E-state index < -0.39 is 12.1 Å². The maximum atomic E-state index is 12.1. The molecule has 0 spiro atoms. The Morgan fingerprint density at radius 1 is 1.21 bits per heavy atom. The number of amides is 1. The molecule has 24 heavy (non-hydrogen) atoms. The van der Waals surface area contributed by atoms with Crippen molar-refractivity contribution in [1.29, 1.82) is 0 Å². The van der Waals surface area contributed by atoms with E-state index in [4.69, 9.17) is 20.6 Å². The quantitative estimate of drug-likeness (QED) is 0.540. The van der Waals surface area contributed by atoms with Gasteiger partial charge >= 0.3 is 12.1 Å². The lowest BCUT2D eigenvalue weighted by Crippen LogP contribution is -2.37. The van der Waals surface area contributed by atoms with E-state index in [-0.39, 0.29) is 25.6 Å². The summed E-state index contributed by atoms with van der Waals surface area (Å²) in [6, 6.07) is 7.11. The average molecular weight is 333 g/mol. The van der Waals surface area contributed by atoms with Crippen molar-refractivity contribution in [2.75, 3.05) is 26.8 Å². The minimum Gasteiger partial charge on any atom is -0.497 e. The molecule has 0 saturated heterocycles. The number of carbonyl (C=O) groups excluding carboxylic acids is 2. The SMILES string of the molecule is C#CCN(CC(=O)OCC(C)C)C(=O)OCc1ccc(OC)cc1. The number of hydrogen-bond acceptors (Lipinski definition) is 5. The predicted octanol–water partition coefficient (Wildman–Crippen LogP) is 2.47. The van der Waals surface area contributed by atoms with Crippen molar-refractivity contribution in [3.8, 4) is 18.1 Å². The summed E-state index contributed by atoms with van der Waals surface area (Å²) >= 11 is 0. The van der Waals surface area contributed by atoms with Gasteiger partial charge in [-0.3, -0.25) is 9.69 Å². The second-order valence-electron chi connectivity index (χ2n) is 5.54. The molecular formula is C18H23NO5. The third kappa shape index (κ3) is 7.05. The highest BCUT2D eigenvalue weighted by atomic mass is 16.6. The molecule has 0 atom stereocenters. The molecule has 0 aromatic heterocycles. The number of benzene rings is 1. The van der Waals surface area contributed by atoms with Crippen LogP contribution < -0.4 is 4.74 Å². The Hall–Kier alpha value is -2.68. The number of carbonyl (C=O) groups is 2. The summed E-state index contributed by atoms with van der Waals surface area (Å²) in [6.45, 7) is 3.95. The fourth-order valence-electron chi connectivity index (χ4n) is 1.71. The molecule has 0 saturated carbocycles. The van der Waals surface area contributed by atoms with E-state index in [2.05, 4.69) is 5.92 Å². The Labute approximate surface area is 142 Å². The zero-order valence-corrected chi connectivity index (χ0v) is 14.3. The molecular weight excluding hydrogens is 310 g/mol. The van der Waals surface area contributed by atoms with Crippen molar-refractivity contribution in [2.45, 2.75) is 20.5 Å². The fourth-order valence-corrected chi connectivity index (χ4v) is 1.71. The van der Waals surface area contributed by atoms with Crippen LogP contribution in [0.2, 0.25) is 0 Å². The Kier molecular flexibility index (Phi) is 8.20. The summed E-state index contributed by atoms with van der Waals surface area (Å²) < 4.78 is 15.3. The molecule has 1 rings (SSSR count). The van der Waals surface area contributed by atoms with Crippen LogP contribution in [0, 0.1) is 18.3 Å². The number of hydrogen-bond donors (Lipinski definition) is 0. The smallest absolute Gasteiger partial charge is 0.411 e. The number of ether oxygens (including phenoxy) is 3. The van der Waals surface area contributed by atoms with Gasteiger partial charge in [-0.05, 0) is 23.6 Å². The highest BCUT2D eigenvalue weighted by Gasteiger charge is 2.19. The van der Waals surface area contributed by atoms with E-state index in [0.29, 0.717) is 12.4 Å². The molecule has 0 N–H and O–H groups in total. The number of methoxy groups -OCH3 is 1. The lowest BCUT2D eigenvalue weighted by molar-refractivity contribution is -0.145. The Bertz CT molecular complexity index is 574. The summed E-state index contributed by atoms with van der Waals surface area (Å²) in [5.74, 6) is 2.75. The monoisotopic (exact) mass is 333 g/mol. The zero-order chi connectivity index (χ0) is 17.9. The van der Waals surface area contributed by atoms with Gasteiger partial charge in [0.2, 0.25) is 0 Å². The molecule has 0 radical (unpaired) electrons. The largest absolute Gasteiger partial charge is 0.497 e. The molecule has 0 bridgehead atoms. The summed E-state index contributed by atoms with van der Waals surface area (Å²) in [7, 11) is 1.57. The van der Waals surface area contributed by atoms with Crippen LogP contribution in [-0.4, -0.2) is 43.8 Å². The third-order valence-electron chi connectivity index (χ3n) is 2.96. The van der Waals surface area contributed by atoms with Crippen LogP contribution in [-0.2, 0) is 20.9 Å². The zero-order valence-electron chi connectivity index (χ0n) is 14.3. The third-order valence-corrected chi connectivity index (χ3v) is 2.96. The maximum absolute atomic E-state index is 12.1. The van der Waals surface area contributed by atoms with Crippen LogP contribution in [0.25, 0.3) is 0 Å². The van der Waals surface area contributed by atoms with Crippen LogP contribution >= 0.6 is 0 Å². The molecule has 0 aliphatic carbocycles. The Morgan fingerprint density at radius 3 is 2.42 bits per heavy atom. The van der Waals surface area contributed by atoms with Gasteiger partial charge in [0.15, 0.2) is 0 Å². The number of nitrogens with zero attached hydrogens (tertiary/aromatic N) is 1. The van der Waals surface area contributed by atoms with E-state index >= 15 is 0 Å². The summed E-state index contributed by atoms with van der Waals surface area (Å²) in [6.07, 6.45) is 4.58. The van der Waals surface area contributed by atoms with Gasteiger partial charge in [0.1, 0.15) is 18.9 Å². The Morgan fingerprint density at radius 2 is 1.88 bits per heavy atom. The minimum absolute atomic E-state index is 0.0295. The summed E-state index contributed by atoms with van der Waals surface area (Å²) in [5, 5.41) is 0. The lowest BCUT2D eigenvalue weighted by atomic mass is 10.2. The number of rotatable bonds is 8. The first-order chi connectivity index (χ1) is 11.5. The average Bonchev–Trinajstić information content (AvgIpc) is 2.58. The van der Waals surface area contributed by atoms with E-state index in [1.54, 1.807) is 31.4 Å². The van der Waals surface area contributed by atoms with Gasteiger partial charge in [0.05, 0.1) is 20.3 Å². The van der Waals surface area contributed by atoms with Gasteiger partial charge in [-0.25, -0.2) is 4.79 Å². The van der Waals surface area contributed by atoms with Crippen molar-refractivity contribution in [3.05, 3.63) is 29.8 Å². The molecule has 0 aliphatic rings. The second kappa shape index (κ2) is 10.2. The molecule has 1 aromatic rings. The van der Waals surface area contributed by atoms with Gasteiger partial charge in [-0.2, -0.15) is 0 Å². The predicted molar refractivity (Wildman–Crippen MR) is 89.4 cm³/mol. The van der Waals surface area contributed by atoms with Crippen molar-refractivity contribution in [1.82, 2.24) is 4.90 Å². The fraction of sp³-hybridized carbons (Fsp3) is 0.444. The van der Waals surface area contributed by atoms with Gasteiger partial charge in [0.25, 0.3) is 0 Å². The molecule has 130 valence electrons. The molecule has 0 fully saturated rings. The lowest BCUT2D eigenvalue weighted by Gasteiger charge is -2.19. The van der Waals surface area contributed by atoms with Gasteiger partial charge in [-0.15, -0.1) is 6.42 Å². The molecule has 0 unspecified atom stereocenters. The van der Waals surface area contributed by atoms with Crippen LogP contribution in [0.15, 0.2) is 24.3 Å². The molecule has 0 aliphatic heterocycles. The van der Waals surface area contributed by atoms with E-state index in [1.807, 2.05) is 13.8 Å². The first kappa shape index (κ1) is 19.4. The summed E-state index contributed by atoms with van der Waals surface area (Å²) in [5.41, 5.74) is 0.798. The first-order valence-corrected chi connectivity index (χ1v) is 7.60. The van der Waals surface area contributed by atoms with Crippen LogP contribution in [0.1, 0.15) is 19.4 Å². The standard InChI is InChI=1S/C18H23NO5/c1-5-10-19(11-17(20)23-12-14(2)3)18(21)24-13-15-6-8-16(22-4)9-7-15/h1,6-9,14H,10-13H2,2-4H3. The normalized spacial score (nSPS) is 9.96. The van der Waals surface area contributed by atoms with E-state index in [9.17, 15) is 9.59 Å². The number of terminal acetylenes is 1. The maximum Gasteiger partial charge on any atom is 0.411 e. The molecule has 1 amide bonds. The van der Waals surface area contributed by atoms with Crippen molar-refractivity contribution in [3.63, 3.8) is 0 Å². The van der Waals surface area contributed by atoms with Crippen molar-refractivity contribution in [2.24, 2.45) is 5.92 Å². The molecule has 6 nitrogen and oxygen atoms in total. The van der Waals surface area contributed by atoms with Gasteiger partial charge in [-0.1, -0.05) is 31.9 Å². The van der Waals surface area contributed by atoms with E-state index in [1.165, 1.54) is 0 Å². The molecule has 0 heterocycles. The topological polar surface area (TPSA) is 65.1 Å². The van der Waals surface area contributed by atoms with Crippen molar-refractivity contribution >= 4 is 12.1 Å². The molecule has 6 heteroatoms. The van der Waals surface area contributed by atoms with E-state index in [0.717, 1.165) is 10.5 Å². The molecule has 1 aromatic carbocycles. The van der Waals surface area contributed by atoms with Crippen LogP contribution in [0.5, 0.6) is 5.75 Å². The van der Waals surface area contributed by atoms with Gasteiger partial charge in [0, 0.05) is 0 Å². The number of esters is 1. The Balaban J connectivity index is 2.52. The minimum atomic E-state index is -0.662. The highest BCUT2D eigenvalue weighted by molar-refractivity contribution is 5.78.